The number of likely N-dealkylation sites (tertiary alicyclic amines) is 1. The van der Waals surface area contributed by atoms with Gasteiger partial charge in [0, 0.05) is 18.2 Å². The van der Waals surface area contributed by atoms with E-state index in [2.05, 4.69) is 11.9 Å². The molecule has 0 amide bonds. The minimum Gasteiger partial charge on any atom is -0.493 e. The average Bonchev–Trinajstić information content (AvgIpc) is 2.85. The SMILES string of the molecule is COc1cc(C(C)(C)F)cc(C2CC(CN)CN2C)c1OC. The molecule has 1 aliphatic heterocycles. The van der Waals surface area contributed by atoms with Gasteiger partial charge >= 0.3 is 0 Å². The number of nitrogens with zero attached hydrogens (tertiary/aromatic N) is 1. The number of hydrogen-bond donors (Lipinski definition) is 1. The Hall–Kier alpha value is -1.33. The van der Waals surface area contributed by atoms with Crippen LogP contribution in [0.25, 0.3) is 0 Å². The summed E-state index contributed by atoms with van der Waals surface area (Å²) in [6.45, 7) is 4.71. The molecule has 0 spiro atoms. The molecule has 4 nitrogen and oxygen atoms in total. The average molecular weight is 310 g/mol. The van der Waals surface area contributed by atoms with Crippen molar-refractivity contribution in [1.29, 1.82) is 0 Å². The standard InChI is InChI=1S/C17H27FN2O2/c1-17(2,18)12-7-13(16(22-5)15(8-12)21-4)14-6-11(9-19)10-20(14)3/h7-8,11,14H,6,9-10,19H2,1-5H3. The van der Waals surface area contributed by atoms with Crippen molar-refractivity contribution in [3.05, 3.63) is 23.3 Å². The second-order valence-electron chi connectivity index (χ2n) is 6.57. The van der Waals surface area contributed by atoms with Gasteiger partial charge in [0.25, 0.3) is 0 Å². The van der Waals surface area contributed by atoms with Gasteiger partial charge in [-0.25, -0.2) is 4.39 Å². The monoisotopic (exact) mass is 310 g/mol. The first-order chi connectivity index (χ1) is 10.3. The molecule has 22 heavy (non-hydrogen) atoms. The molecule has 124 valence electrons. The van der Waals surface area contributed by atoms with Gasteiger partial charge in [-0.1, -0.05) is 0 Å². The quantitative estimate of drug-likeness (QED) is 0.908. The van der Waals surface area contributed by atoms with E-state index in [1.165, 1.54) is 0 Å². The molecule has 0 saturated carbocycles. The molecule has 5 heteroatoms. The highest BCUT2D eigenvalue weighted by molar-refractivity contribution is 5.52. The molecule has 0 radical (unpaired) electrons. The molecule has 2 N–H and O–H groups in total. The Labute approximate surface area is 132 Å². The molecule has 2 unspecified atom stereocenters. The molecule has 1 fully saturated rings. The van der Waals surface area contributed by atoms with Gasteiger partial charge in [0.2, 0.25) is 0 Å². The van der Waals surface area contributed by atoms with Gasteiger partial charge in [-0.2, -0.15) is 0 Å². The Morgan fingerprint density at radius 1 is 1.32 bits per heavy atom. The highest BCUT2D eigenvalue weighted by Gasteiger charge is 2.34. The minimum absolute atomic E-state index is 0.166. The first-order valence-electron chi connectivity index (χ1n) is 7.67. The van der Waals surface area contributed by atoms with Crippen LogP contribution in [0.2, 0.25) is 0 Å². The summed E-state index contributed by atoms with van der Waals surface area (Å²) in [5.74, 6) is 1.71. The first-order valence-corrected chi connectivity index (χ1v) is 7.67. The maximum Gasteiger partial charge on any atom is 0.165 e. The zero-order chi connectivity index (χ0) is 16.5. The summed E-state index contributed by atoms with van der Waals surface area (Å²) < 4.78 is 25.4. The predicted molar refractivity (Wildman–Crippen MR) is 86.2 cm³/mol. The number of hydrogen-bond acceptors (Lipinski definition) is 4. The predicted octanol–water partition coefficient (Wildman–Crippen LogP) is 2.86. The molecule has 1 aromatic carbocycles. The lowest BCUT2D eigenvalue weighted by atomic mass is 9.92. The molecule has 0 aliphatic carbocycles. The number of benzene rings is 1. The highest BCUT2D eigenvalue weighted by Crippen LogP contribution is 2.45. The van der Waals surface area contributed by atoms with Crippen molar-refractivity contribution in [3.8, 4) is 11.5 Å². The van der Waals surface area contributed by atoms with E-state index in [0.29, 0.717) is 29.5 Å². The van der Waals surface area contributed by atoms with E-state index in [9.17, 15) is 4.39 Å². The topological polar surface area (TPSA) is 47.7 Å². The fourth-order valence-electron chi connectivity index (χ4n) is 3.22. The lowest BCUT2D eigenvalue weighted by Gasteiger charge is -2.26. The fraction of sp³-hybridized carbons (Fsp3) is 0.647. The Balaban J connectivity index is 2.53. The van der Waals surface area contributed by atoms with Crippen molar-refractivity contribution in [1.82, 2.24) is 4.90 Å². The summed E-state index contributed by atoms with van der Waals surface area (Å²) >= 11 is 0. The summed E-state index contributed by atoms with van der Waals surface area (Å²) in [4.78, 5) is 2.25. The van der Waals surface area contributed by atoms with Crippen LogP contribution in [0.4, 0.5) is 4.39 Å². The smallest absolute Gasteiger partial charge is 0.165 e. The summed E-state index contributed by atoms with van der Waals surface area (Å²) in [6, 6.07) is 3.79. The van der Waals surface area contributed by atoms with Crippen LogP contribution in [-0.2, 0) is 5.67 Å². The molecule has 0 bridgehead atoms. The molecule has 1 aromatic rings. The molecule has 2 rings (SSSR count). The van der Waals surface area contributed by atoms with Crippen LogP contribution in [0.3, 0.4) is 0 Å². The molecule has 2 atom stereocenters. The van der Waals surface area contributed by atoms with Gasteiger partial charge in [-0.05, 0) is 57.5 Å². The third kappa shape index (κ3) is 3.20. The Morgan fingerprint density at radius 3 is 2.45 bits per heavy atom. The Kier molecular flexibility index (Phi) is 4.97. The highest BCUT2D eigenvalue weighted by atomic mass is 19.1. The van der Waals surface area contributed by atoms with Gasteiger partial charge in [-0.15, -0.1) is 0 Å². The van der Waals surface area contributed by atoms with Crippen LogP contribution in [-0.4, -0.2) is 39.3 Å². The van der Waals surface area contributed by atoms with E-state index in [1.807, 2.05) is 6.07 Å². The van der Waals surface area contributed by atoms with Crippen LogP contribution >= 0.6 is 0 Å². The zero-order valence-electron chi connectivity index (χ0n) is 14.1. The molecule has 0 aromatic heterocycles. The normalized spacial score (nSPS) is 22.9. The van der Waals surface area contributed by atoms with Crippen LogP contribution in [0.1, 0.15) is 37.4 Å². The lowest BCUT2D eigenvalue weighted by molar-refractivity contribution is 0.219. The largest absolute Gasteiger partial charge is 0.493 e. The maximum atomic E-state index is 14.5. The summed E-state index contributed by atoms with van der Waals surface area (Å²) in [5.41, 5.74) is 5.96. The van der Waals surface area contributed by atoms with Crippen molar-refractivity contribution in [3.63, 3.8) is 0 Å². The van der Waals surface area contributed by atoms with Gasteiger partial charge in [0.1, 0.15) is 5.67 Å². The molecular formula is C17H27FN2O2. The second-order valence-corrected chi connectivity index (χ2v) is 6.57. The zero-order valence-corrected chi connectivity index (χ0v) is 14.1. The van der Waals surface area contributed by atoms with E-state index in [0.717, 1.165) is 18.5 Å². The lowest BCUT2D eigenvalue weighted by Crippen LogP contribution is -2.21. The van der Waals surface area contributed by atoms with Crippen molar-refractivity contribution in [2.45, 2.75) is 32.0 Å². The van der Waals surface area contributed by atoms with Gasteiger partial charge < -0.3 is 15.2 Å². The van der Waals surface area contributed by atoms with Crippen LogP contribution in [0, 0.1) is 5.92 Å². The van der Waals surface area contributed by atoms with E-state index in [4.69, 9.17) is 15.2 Å². The number of ether oxygens (including phenoxy) is 2. The number of alkyl halides is 1. The first kappa shape index (κ1) is 17.0. The number of methoxy groups -OCH3 is 2. The maximum absolute atomic E-state index is 14.5. The van der Waals surface area contributed by atoms with E-state index in [1.54, 1.807) is 34.1 Å². The van der Waals surface area contributed by atoms with Crippen molar-refractivity contribution in [2.75, 3.05) is 34.4 Å². The van der Waals surface area contributed by atoms with Gasteiger partial charge in [-0.3, -0.25) is 4.90 Å². The van der Waals surface area contributed by atoms with Crippen LogP contribution in [0.5, 0.6) is 11.5 Å². The van der Waals surface area contributed by atoms with E-state index >= 15 is 0 Å². The Morgan fingerprint density at radius 2 is 2.00 bits per heavy atom. The van der Waals surface area contributed by atoms with Gasteiger partial charge in [0.15, 0.2) is 11.5 Å². The van der Waals surface area contributed by atoms with E-state index < -0.39 is 5.67 Å². The second kappa shape index (κ2) is 6.42. The molecular weight excluding hydrogens is 283 g/mol. The summed E-state index contributed by atoms with van der Waals surface area (Å²) in [5, 5.41) is 0. The third-order valence-corrected chi connectivity index (χ3v) is 4.52. The van der Waals surface area contributed by atoms with Gasteiger partial charge in [0.05, 0.1) is 14.2 Å². The van der Waals surface area contributed by atoms with Crippen molar-refractivity contribution in [2.24, 2.45) is 11.7 Å². The number of nitrogens with two attached hydrogens (primary N) is 1. The van der Waals surface area contributed by atoms with Crippen LogP contribution < -0.4 is 15.2 Å². The third-order valence-electron chi connectivity index (χ3n) is 4.52. The number of halogens is 1. The van der Waals surface area contributed by atoms with Crippen molar-refractivity contribution < 1.29 is 13.9 Å². The molecule has 1 aliphatic rings. The van der Waals surface area contributed by atoms with E-state index in [-0.39, 0.29) is 6.04 Å². The fourth-order valence-corrected chi connectivity index (χ4v) is 3.22. The Bertz CT molecular complexity index is 528. The number of rotatable bonds is 5. The molecule has 1 saturated heterocycles. The summed E-state index contributed by atoms with van der Waals surface area (Å²) in [6.07, 6.45) is 0.947. The van der Waals surface area contributed by atoms with Crippen LogP contribution in [0.15, 0.2) is 12.1 Å². The molecule has 1 heterocycles. The minimum atomic E-state index is -1.43. The van der Waals surface area contributed by atoms with Crippen molar-refractivity contribution >= 4 is 0 Å². The summed E-state index contributed by atoms with van der Waals surface area (Å²) in [7, 11) is 5.27.